The third kappa shape index (κ3) is 25.6. The number of hydrogen-bond acceptors (Lipinski definition) is 14. The third-order valence-corrected chi connectivity index (χ3v) is 19.2. The molecule has 1 rings (SSSR count). The van der Waals surface area contributed by atoms with Gasteiger partial charge in [-0.1, -0.05) is 109 Å². The minimum Gasteiger partial charge on any atom is -0.390 e. The number of thioether (sulfide) groups is 1. The lowest BCUT2D eigenvalue weighted by atomic mass is 9.93. The van der Waals surface area contributed by atoms with Gasteiger partial charge in [-0.3, -0.25) is 52.7 Å². The average Bonchev–Trinajstić information content (AvgIpc) is 0.834. The zero-order valence-electron chi connectivity index (χ0n) is 62.4. The van der Waals surface area contributed by atoms with Crippen LogP contribution in [0, 0.1) is 35.5 Å². The number of nitrogens with zero attached hydrogens (tertiary/aromatic N) is 8. The Morgan fingerprint density at radius 3 is 1.40 bits per heavy atom. The standard InChI is InChI=1S/C69H126N12O12S/c1-27-31-33-46(15)39-51-59(84)72-49(28-2)62(87)80(26)68(94-35-32-34-81(29-3)30-4)67(92)78(24)54(40-69(18,19)93)60(85)73-55(44(11)12)65(90)74(20)50(36-41(5)6)58(83)70-47(16)57(82)71-48(17)61(86)76(22)52(37-42(7)8)63(88)77(23)53(38-43(9)10)64(89)79(25)56(45(13)14)66(91)75(51)21/h27,31,41-56,68,93H,28-30,32-40H2,1-26H3,(H,70,83)(H,71,82)(H,72,84)(H,73,85)/b31-27+/t46-,47+,48+,49-,50+,51-,52-,53-,54+,55+,56-,68-/m1/s1. The fourth-order valence-corrected chi connectivity index (χ4v) is 13.0. The summed E-state index contributed by atoms with van der Waals surface area (Å²) in [5.74, 6) is -8.52. The quantitative estimate of drug-likeness (QED) is 0.0688. The summed E-state index contributed by atoms with van der Waals surface area (Å²) in [4.78, 5) is 175. The maximum atomic E-state index is 15.4. The molecular weight excluding hydrogens is 1220 g/mol. The summed E-state index contributed by atoms with van der Waals surface area (Å²) >= 11 is 1.18. The van der Waals surface area contributed by atoms with Gasteiger partial charge in [-0.05, 0) is 140 Å². The number of carbonyl (C=O) groups excluding carboxylic acids is 11. The Hall–Kier alpha value is -5.82. The Morgan fingerprint density at radius 2 is 0.936 bits per heavy atom. The van der Waals surface area contributed by atoms with Crippen LogP contribution < -0.4 is 21.3 Å². The number of hydrogen-bond donors (Lipinski definition) is 5. The molecule has 0 radical (unpaired) electrons. The molecule has 5 N–H and O–H groups in total. The molecule has 1 aliphatic rings. The van der Waals surface area contributed by atoms with Gasteiger partial charge in [0, 0.05) is 55.8 Å². The Morgan fingerprint density at radius 1 is 0.500 bits per heavy atom. The zero-order valence-corrected chi connectivity index (χ0v) is 63.2. The Balaban J connectivity index is 4.54. The van der Waals surface area contributed by atoms with E-state index in [1.807, 2.05) is 81.4 Å². The molecule has 0 aromatic rings. The summed E-state index contributed by atoms with van der Waals surface area (Å²) in [6, 6.07) is -12.2. The maximum Gasteiger partial charge on any atom is 0.256 e. The highest BCUT2D eigenvalue weighted by molar-refractivity contribution is 8.00. The van der Waals surface area contributed by atoms with Crippen molar-refractivity contribution < 1.29 is 57.8 Å². The maximum absolute atomic E-state index is 15.4. The van der Waals surface area contributed by atoms with Crippen LogP contribution in [0.5, 0.6) is 0 Å². The molecular formula is C69H126N12O12S. The van der Waals surface area contributed by atoms with Crippen LogP contribution in [0.25, 0.3) is 0 Å². The lowest BCUT2D eigenvalue weighted by Crippen LogP contribution is -2.62. The van der Waals surface area contributed by atoms with Gasteiger partial charge < -0.3 is 65.6 Å². The predicted octanol–water partition coefficient (Wildman–Crippen LogP) is 5.20. The Kier molecular flexibility index (Phi) is 36.7. The normalized spacial score (nSPS) is 26.1. The molecule has 25 heteroatoms. The van der Waals surface area contributed by atoms with Crippen molar-refractivity contribution in [1.82, 2.24) is 60.5 Å². The van der Waals surface area contributed by atoms with Crippen molar-refractivity contribution in [2.75, 3.05) is 74.7 Å². The lowest BCUT2D eigenvalue weighted by molar-refractivity contribution is -0.156. The first-order chi connectivity index (χ1) is 43.5. The predicted molar refractivity (Wildman–Crippen MR) is 372 cm³/mol. The fourth-order valence-electron chi connectivity index (χ4n) is 11.9. The van der Waals surface area contributed by atoms with Crippen LogP contribution in [0.15, 0.2) is 12.2 Å². The molecule has 0 saturated carbocycles. The fraction of sp³-hybridized carbons (Fsp3) is 0.812. The van der Waals surface area contributed by atoms with Crippen molar-refractivity contribution in [3.8, 4) is 0 Å². The first-order valence-electron chi connectivity index (χ1n) is 34.2. The highest BCUT2D eigenvalue weighted by Gasteiger charge is 2.45. The lowest BCUT2D eigenvalue weighted by Gasteiger charge is -2.41. The van der Waals surface area contributed by atoms with Crippen molar-refractivity contribution in [3.63, 3.8) is 0 Å². The average molecular weight is 1350 g/mol. The summed E-state index contributed by atoms with van der Waals surface area (Å²) in [5, 5.41) is 21.3. The largest absolute Gasteiger partial charge is 0.390 e. The third-order valence-electron chi connectivity index (χ3n) is 17.8. The molecule has 0 aromatic carbocycles. The Bertz CT molecular complexity index is 2540. The van der Waals surface area contributed by atoms with Gasteiger partial charge in [-0.25, -0.2) is 0 Å². The second-order valence-electron chi connectivity index (χ2n) is 28.7. The number of rotatable bonds is 22. The van der Waals surface area contributed by atoms with E-state index in [2.05, 4.69) is 26.2 Å². The summed E-state index contributed by atoms with van der Waals surface area (Å²) in [6.45, 7) is 36.0. The highest BCUT2D eigenvalue weighted by atomic mass is 32.2. The number of allylic oxidation sites excluding steroid dienone is 2. The van der Waals surface area contributed by atoms with E-state index in [0.29, 0.717) is 25.1 Å². The van der Waals surface area contributed by atoms with E-state index in [1.165, 1.54) is 123 Å². The molecule has 12 atom stereocenters. The van der Waals surface area contributed by atoms with Gasteiger partial charge in [0.25, 0.3) is 5.91 Å². The minimum absolute atomic E-state index is 0.0592. The first kappa shape index (κ1) is 86.2. The molecule has 0 aliphatic carbocycles. The van der Waals surface area contributed by atoms with Crippen molar-refractivity contribution in [3.05, 3.63) is 12.2 Å². The molecule has 1 aliphatic heterocycles. The number of amides is 11. The zero-order chi connectivity index (χ0) is 72.7. The van der Waals surface area contributed by atoms with Gasteiger partial charge >= 0.3 is 0 Å². The van der Waals surface area contributed by atoms with Crippen LogP contribution in [0.4, 0.5) is 0 Å². The van der Waals surface area contributed by atoms with Crippen LogP contribution in [0.3, 0.4) is 0 Å². The van der Waals surface area contributed by atoms with Crippen LogP contribution in [-0.4, -0.2) is 255 Å². The monoisotopic (exact) mass is 1350 g/mol. The van der Waals surface area contributed by atoms with E-state index in [0.717, 1.165) is 13.1 Å². The van der Waals surface area contributed by atoms with Gasteiger partial charge in [0.1, 0.15) is 60.4 Å². The number of nitrogens with one attached hydrogen (secondary N) is 4. The van der Waals surface area contributed by atoms with Crippen LogP contribution >= 0.6 is 11.8 Å². The van der Waals surface area contributed by atoms with Crippen molar-refractivity contribution >= 4 is 76.7 Å². The Labute approximate surface area is 569 Å². The first-order valence-corrected chi connectivity index (χ1v) is 35.3. The second kappa shape index (κ2) is 40.0. The number of likely N-dealkylation sites (N-methyl/N-ethyl adjacent to an activating group) is 7. The summed E-state index contributed by atoms with van der Waals surface area (Å²) < 4.78 is 0. The van der Waals surface area contributed by atoms with Crippen molar-refractivity contribution in [2.45, 2.75) is 254 Å². The SMILES string of the molecule is C/C=C/C[C@@H](C)C[C@@H]1C(=O)N[C@H](CC)C(=O)N(C)[C@H](SCCCN(CC)CC)C(=O)N(C)[C@@H](CC(C)(C)O)C(=O)N[C@@H](C(C)C)C(=O)N(C)[C@@H](CC(C)C)C(=O)N[C@@H](C)C(=O)N[C@@H](C)C(=O)N(C)[C@H](CC(C)C)C(=O)N(C)[C@H](CC(C)C)C(=O)N(C)[C@H](C(C)C)C(=O)N1C. The van der Waals surface area contributed by atoms with Crippen molar-refractivity contribution in [2.24, 2.45) is 35.5 Å². The van der Waals surface area contributed by atoms with Gasteiger partial charge in [-0.15, -0.1) is 11.8 Å². The summed E-state index contributed by atoms with van der Waals surface area (Å²) in [5.41, 5.74) is -1.56. The molecule has 0 spiro atoms. The molecule has 94 heavy (non-hydrogen) atoms. The van der Waals surface area contributed by atoms with Crippen LogP contribution in [-0.2, 0) is 52.7 Å². The summed E-state index contributed by atoms with van der Waals surface area (Å²) in [7, 11) is 10.2. The summed E-state index contributed by atoms with van der Waals surface area (Å²) in [6.07, 6.45) is 5.38. The van der Waals surface area contributed by atoms with E-state index >= 15 is 28.8 Å². The minimum atomic E-state index is -1.56. The highest BCUT2D eigenvalue weighted by Crippen LogP contribution is 2.28. The van der Waals surface area contributed by atoms with E-state index in [1.54, 1.807) is 34.6 Å². The van der Waals surface area contributed by atoms with Crippen molar-refractivity contribution in [1.29, 1.82) is 0 Å². The van der Waals surface area contributed by atoms with Gasteiger partial charge in [-0.2, -0.15) is 0 Å². The van der Waals surface area contributed by atoms with E-state index in [9.17, 15) is 29.1 Å². The molecule has 1 fully saturated rings. The number of carbonyl (C=O) groups is 11. The molecule has 540 valence electrons. The smallest absolute Gasteiger partial charge is 0.256 e. The molecule has 11 amide bonds. The molecule has 0 bridgehead atoms. The molecule has 1 saturated heterocycles. The van der Waals surface area contributed by atoms with Crippen LogP contribution in [0.1, 0.15) is 183 Å². The van der Waals surface area contributed by atoms with E-state index in [-0.39, 0.29) is 62.2 Å². The molecule has 1 heterocycles. The van der Waals surface area contributed by atoms with Gasteiger partial charge in [0.15, 0.2) is 5.37 Å². The molecule has 0 unspecified atom stereocenters. The van der Waals surface area contributed by atoms with Gasteiger partial charge in [0.05, 0.1) is 5.60 Å². The molecule has 0 aromatic heterocycles. The van der Waals surface area contributed by atoms with Crippen LogP contribution in [0.2, 0.25) is 0 Å². The second-order valence-corrected chi connectivity index (χ2v) is 29.9. The van der Waals surface area contributed by atoms with E-state index in [4.69, 9.17) is 0 Å². The van der Waals surface area contributed by atoms with E-state index < -0.39 is 148 Å². The van der Waals surface area contributed by atoms with Gasteiger partial charge in [0.2, 0.25) is 59.1 Å². The number of aliphatic hydroxyl groups is 1. The topological polar surface area (TPSA) is 282 Å². The molecule has 24 nitrogen and oxygen atoms in total.